The first kappa shape index (κ1) is 15.6. The van der Waals surface area contributed by atoms with Gasteiger partial charge in [0.15, 0.2) is 9.84 Å². The summed E-state index contributed by atoms with van der Waals surface area (Å²) < 4.78 is 23.2. The number of aryl methyl sites for hydroxylation is 2. The molecule has 3 nitrogen and oxygen atoms in total. The largest absolute Gasteiger partial charge is 0.378 e. The lowest BCUT2D eigenvalue weighted by atomic mass is 10.00. The highest BCUT2D eigenvalue weighted by Crippen LogP contribution is 2.24. The number of nitrogens with one attached hydrogen (secondary N) is 1. The highest BCUT2D eigenvalue weighted by molar-refractivity contribution is 7.90. The first-order valence-corrected chi connectivity index (χ1v) is 8.80. The lowest BCUT2D eigenvalue weighted by Gasteiger charge is -2.18. The molecule has 112 valence electrons. The molecule has 0 bridgehead atoms. The van der Waals surface area contributed by atoms with Gasteiger partial charge in [0.2, 0.25) is 0 Å². The van der Waals surface area contributed by atoms with Crippen molar-refractivity contribution >= 4 is 15.5 Å². The number of anilines is 1. The molecule has 0 fully saturated rings. The summed E-state index contributed by atoms with van der Waals surface area (Å²) in [6.07, 6.45) is 1.22. The van der Waals surface area contributed by atoms with Crippen LogP contribution in [0.2, 0.25) is 0 Å². The van der Waals surface area contributed by atoms with Gasteiger partial charge in [-0.25, -0.2) is 8.42 Å². The van der Waals surface area contributed by atoms with Crippen LogP contribution < -0.4 is 5.32 Å². The van der Waals surface area contributed by atoms with Crippen LogP contribution in [0.3, 0.4) is 0 Å². The molecule has 1 atom stereocenters. The first-order chi connectivity index (χ1) is 9.77. The molecule has 1 unspecified atom stereocenters. The van der Waals surface area contributed by atoms with Crippen molar-refractivity contribution in [1.29, 1.82) is 0 Å². The second-order valence-electron chi connectivity index (χ2n) is 5.53. The van der Waals surface area contributed by atoms with Crippen molar-refractivity contribution in [3.8, 4) is 0 Å². The van der Waals surface area contributed by atoms with Gasteiger partial charge in [0, 0.05) is 18.0 Å². The summed E-state index contributed by atoms with van der Waals surface area (Å²) in [5.74, 6) is 0. The van der Waals surface area contributed by atoms with E-state index in [9.17, 15) is 8.42 Å². The Morgan fingerprint density at radius 2 is 1.76 bits per heavy atom. The second kappa shape index (κ2) is 5.90. The molecular weight excluding hydrogens is 282 g/mol. The number of benzene rings is 2. The van der Waals surface area contributed by atoms with E-state index in [-0.39, 0.29) is 6.04 Å². The van der Waals surface area contributed by atoms with Crippen molar-refractivity contribution in [2.75, 3.05) is 11.6 Å². The third-order valence-electron chi connectivity index (χ3n) is 3.54. The molecule has 2 aromatic carbocycles. The van der Waals surface area contributed by atoms with Crippen molar-refractivity contribution in [2.45, 2.75) is 31.7 Å². The predicted molar refractivity (Wildman–Crippen MR) is 87.5 cm³/mol. The molecule has 0 saturated carbocycles. The molecule has 0 spiro atoms. The molecule has 0 heterocycles. The SMILES string of the molecule is Cc1ccc(C(C)Nc2cccc(S(C)(=O)=O)c2)c(C)c1. The second-order valence-corrected chi connectivity index (χ2v) is 7.54. The van der Waals surface area contributed by atoms with Gasteiger partial charge in [0.1, 0.15) is 0 Å². The highest BCUT2D eigenvalue weighted by atomic mass is 32.2. The Balaban J connectivity index is 2.25. The van der Waals surface area contributed by atoms with Gasteiger partial charge in [-0.15, -0.1) is 0 Å². The fourth-order valence-electron chi connectivity index (χ4n) is 2.46. The van der Waals surface area contributed by atoms with E-state index < -0.39 is 9.84 Å². The Morgan fingerprint density at radius 3 is 2.38 bits per heavy atom. The number of hydrogen-bond donors (Lipinski definition) is 1. The molecule has 0 aliphatic rings. The summed E-state index contributed by atoms with van der Waals surface area (Å²) in [6.45, 7) is 6.24. The summed E-state index contributed by atoms with van der Waals surface area (Å²) in [5, 5.41) is 3.37. The van der Waals surface area contributed by atoms with Gasteiger partial charge in [-0.1, -0.05) is 29.8 Å². The van der Waals surface area contributed by atoms with Crippen LogP contribution in [0.4, 0.5) is 5.69 Å². The van der Waals surface area contributed by atoms with Crippen molar-refractivity contribution in [1.82, 2.24) is 0 Å². The van der Waals surface area contributed by atoms with Crippen LogP contribution in [-0.2, 0) is 9.84 Å². The van der Waals surface area contributed by atoms with Gasteiger partial charge in [-0.2, -0.15) is 0 Å². The maximum atomic E-state index is 11.6. The molecule has 0 radical (unpaired) electrons. The summed E-state index contributed by atoms with van der Waals surface area (Å²) in [6, 6.07) is 13.4. The minimum absolute atomic E-state index is 0.111. The topological polar surface area (TPSA) is 46.2 Å². The summed E-state index contributed by atoms with van der Waals surface area (Å²) in [7, 11) is -3.18. The van der Waals surface area contributed by atoms with Crippen molar-refractivity contribution < 1.29 is 8.42 Å². The van der Waals surface area contributed by atoms with Crippen LogP contribution in [0.15, 0.2) is 47.4 Å². The molecule has 0 amide bonds. The van der Waals surface area contributed by atoms with Crippen LogP contribution in [0.5, 0.6) is 0 Å². The minimum Gasteiger partial charge on any atom is -0.378 e. The zero-order valence-electron chi connectivity index (χ0n) is 12.8. The van der Waals surface area contributed by atoms with E-state index in [1.807, 2.05) is 6.07 Å². The Labute approximate surface area is 126 Å². The standard InChI is InChI=1S/C17H21NO2S/c1-12-8-9-17(13(2)10-12)14(3)18-15-6-5-7-16(11-15)21(4,19)20/h5-11,14,18H,1-4H3. The number of rotatable bonds is 4. The number of hydrogen-bond acceptors (Lipinski definition) is 3. The maximum absolute atomic E-state index is 11.6. The minimum atomic E-state index is -3.18. The van der Waals surface area contributed by atoms with Crippen LogP contribution in [0.25, 0.3) is 0 Å². The molecule has 0 saturated heterocycles. The summed E-state index contributed by atoms with van der Waals surface area (Å²) in [5.41, 5.74) is 4.49. The maximum Gasteiger partial charge on any atom is 0.175 e. The van der Waals surface area contributed by atoms with E-state index >= 15 is 0 Å². The molecular formula is C17H21NO2S. The Bertz CT molecular complexity index is 751. The van der Waals surface area contributed by atoms with E-state index in [1.165, 1.54) is 22.9 Å². The quantitative estimate of drug-likeness (QED) is 0.932. The first-order valence-electron chi connectivity index (χ1n) is 6.91. The van der Waals surface area contributed by atoms with Gasteiger partial charge in [0.05, 0.1) is 4.90 Å². The summed E-state index contributed by atoms with van der Waals surface area (Å²) >= 11 is 0. The van der Waals surface area contributed by atoms with E-state index in [0.29, 0.717) is 4.90 Å². The third kappa shape index (κ3) is 3.85. The monoisotopic (exact) mass is 303 g/mol. The number of sulfone groups is 1. The zero-order chi connectivity index (χ0) is 15.6. The van der Waals surface area contributed by atoms with Crippen LogP contribution in [-0.4, -0.2) is 14.7 Å². The molecule has 2 aromatic rings. The lowest BCUT2D eigenvalue weighted by molar-refractivity contribution is 0.602. The average molecular weight is 303 g/mol. The van der Waals surface area contributed by atoms with Crippen molar-refractivity contribution in [3.05, 3.63) is 59.2 Å². The fraction of sp³-hybridized carbons (Fsp3) is 0.294. The average Bonchev–Trinajstić information content (AvgIpc) is 2.37. The smallest absolute Gasteiger partial charge is 0.175 e. The van der Waals surface area contributed by atoms with Gasteiger partial charge >= 0.3 is 0 Å². The summed E-state index contributed by atoms with van der Waals surface area (Å²) in [4.78, 5) is 0.334. The Kier molecular flexibility index (Phi) is 4.37. The van der Waals surface area contributed by atoms with Gasteiger partial charge < -0.3 is 5.32 Å². The molecule has 0 aliphatic carbocycles. The van der Waals surface area contributed by atoms with Gasteiger partial charge in [-0.05, 0) is 50.1 Å². The molecule has 0 aromatic heterocycles. The van der Waals surface area contributed by atoms with Crippen LogP contribution >= 0.6 is 0 Å². The van der Waals surface area contributed by atoms with E-state index in [1.54, 1.807) is 18.2 Å². The van der Waals surface area contributed by atoms with E-state index in [0.717, 1.165) is 5.69 Å². The Morgan fingerprint density at radius 1 is 1.05 bits per heavy atom. The van der Waals surface area contributed by atoms with E-state index in [2.05, 4.69) is 44.3 Å². The molecule has 1 N–H and O–H groups in total. The molecule has 4 heteroatoms. The molecule has 21 heavy (non-hydrogen) atoms. The van der Waals surface area contributed by atoms with Gasteiger partial charge in [0.25, 0.3) is 0 Å². The third-order valence-corrected chi connectivity index (χ3v) is 4.65. The lowest BCUT2D eigenvalue weighted by Crippen LogP contribution is -2.09. The van der Waals surface area contributed by atoms with Crippen LogP contribution in [0, 0.1) is 13.8 Å². The van der Waals surface area contributed by atoms with Crippen LogP contribution in [0.1, 0.15) is 29.7 Å². The normalized spacial score (nSPS) is 13.0. The predicted octanol–water partition coefficient (Wildman–Crippen LogP) is 3.88. The van der Waals surface area contributed by atoms with E-state index in [4.69, 9.17) is 0 Å². The molecule has 0 aliphatic heterocycles. The zero-order valence-corrected chi connectivity index (χ0v) is 13.7. The highest BCUT2D eigenvalue weighted by Gasteiger charge is 2.11. The van der Waals surface area contributed by atoms with Gasteiger partial charge in [-0.3, -0.25) is 0 Å². The fourth-order valence-corrected chi connectivity index (χ4v) is 3.12. The van der Waals surface area contributed by atoms with Crippen molar-refractivity contribution in [2.24, 2.45) is 0 Å². The van der Waals surface area contributed by atoms with Crippen molar-refractivity contribution in [3.63, 3.8) is 0 Å². The Hall–Kier alpha value is -1.81. The molecule has 2 rings (SSSR count).